The number of methoxy groups -OCH3 is 1. The fourth-order valence-corrected chi connectivity index (χ4v) is 2.51. The summed E-state index contributed by atoms with van der Waals surface area (Å²) in [6, 6.07) is 8.72. The molecule has 0 aliphatic rings. The van der Waals surface area contributed by atoms with Crippen LogP contribution in [0.5, 0.6) is 5.75 Å². The van der Waals surface area contributed by atoms with Gasteiger partial charge in [-0.25, -0.2) is 0 Å². The molecule has 0 aliphatic carbocycles. The monoisotopic (exact) mass is 293 g/mol. The van der Waals surface area contributed by atoms with E-state index in [0.717, 1.165) is 44.8 Å². The van der Waals surface area contributed by atoms with Crippen molar-refractivity contribution in [3.63, 3.8) is 0 Å². The Morgan fingerprint density at radius 1 is 1.14 bits per heavy atom. The van der Waals surface area contributed by atoms with E-state index in [4.69, 9.17) is 9.47 Å². The Morgan fingerprint density at radius 3 is 2.57 bits per heavy atom. The summed E-state index contributed by atoms with van der Waals surface area (Å²) in [5, 5.41) is 3.66. The summed E-state index contributed by atoms with van der Waals surface area (Å²) >= 11 is 0. The minimum atomic E-state index is 0.322. The van der Waals surface area contributed by atoms with Gasteiger partial charge in [0.15, 0.2) is 0 Å². The average Bonchev–Trinajstić information content (AvgIpc) is 2.50. The zero-order valence-electron chi connectivity index (χ0n) is 14.0. The predicted molar refractivity (Wildman–Crippen MR) is 88.9 cm³/mol. The smallest absolute Gasteiger partial charge is 0.124 e. The van der Waals surface area contributed by atoms with Crippen LogP contribution in [0.25, 0.3) is 0 Å². The lowest BCUT2D eigenvalue weighted by Crippen LogP contribution is -2.25. The van der Waals surface area contributed by atoms with E-state index in [0.29, 0.717) is 12.0 Å². The Balaban J connectivity index is 2.85. The number of rotatable bonds is 11. The molecule has 0 bridgehead atoms. The van der Waals surface area contributed by atoms with Gasteiger partial charge in [-0.05, 0) is 37.8 Å². The first-order valence-corrected chi connectivity index (χ1v) is 8.16. The van der Waals surface area contributed by atoms with Crippen LogP contribution in [0.1, 0.15) is 51.6 Å². The molecule has 1 aromatic carbocycles. The van der Waals surface area contributed by atoms with Crippen molar-refractivity contribution in [1.82, 2.24) is 5.32 Å². The van der Waals surface area contributed by atoms with E-state index < -0.39 is 0 Å². The number of hydrogen-bond donors (Lipinski definition) is 1. The van der Waals surface area contributed by atoms with Crippen molar-refractivity contribution < 1.29 is 9.47 Å². The third-order valence-electron chi connectivity index (χ3n) is 3.49. The highest BCUT2D eigenvalue weighted by Gasteiger charge is 2.18. The quantitative estimate of drug-likeness (QED) is 0.663. The molecule has 0 spiro atoms. The van der Waals surface area contributed by atoms with Gasteiger partial charge in [0.25, 0.3) is 0 Å². The van der Waals surface area contributed by atoms with E-state index >= 15 is 0 Å². The normalized spacial score (nSPS) is 13.9. The molecule has 2 atom stereocenters. The minimum Gasteiger partial charge on any atom is -0.493 e. The highest BCUT2D eigenvalue weighted by atomic mass is 16.5. The second-order valence-corrected chi connectivity index (χ2v) is 5.69. The Bertz CT molecular complexity index is 381. The first-order chi connectivity index (χ1) is 10.2. The molecule has 0 amide bonds. The molecule has 1 rings (SSSR count). The lowest BCUT2D eigenvalue weighted by molar-refractivity contribution is 0.149. The van der Waals surface area contributed by atoms with Gasteiger partial charge in [0.2, 0.25) is 0 Å². The molecule has 3 heteroatoms. The van der Waals surface area contributed by atoms with Gasteiger partial charge in [-0.15, -0.1) is 0 Å². The summed E-state index contributed by atoms with van der Waals surface area (Å²) in [6.07, 6.45) is 3.22. The van der Waals surface area contributed by atoms with Crippen molar-refractivity contribution in [2.75, 3.05) is 26.9 Å². The molecule has 120 valence electrons. The largest absolute Gasteiger partial charge is 0.493 e. The molecule has 2 unspecified atom stereocenters. The van der Waals surface area contributed by atoms with Crippen LogP contribution in [0.4, 0.5) is 0 Å². The first kappa shape index (κ1) is 18.0. The van der Waals surface area contributed by atoms with Crippen molar-refractivity contribution in [2.24, 2.45) is 5.92 Å². The van der Waals surface area contributed by atoms with Crippen molar-refractivity contribution >= 4 is 0 Å². The fraction of sp³-hybridized carbons (Fsp3) is 0.667. The highest BCUT2D eigenvalue weighted by molar-refractivity contribution is 5.36. The van der Waals surface area contributed by atoms with Gasteiger partial charge >= 0.3 is 0 Å². The molecular weight excluding hydrogens is 262 g/mol. The maximum atomic E-state index is 5.92. The van der Waals surface area contributed by atoms with Crippen LogP contribution < -0.4 is 10.1 Å². The van der Waals surface area contributed by atoms with E-state index in [2.05, 4.69) is 44.3 Å². The van der Waals surface area contributed by atoms with Crippen LogP contribution in [0.15, 0.2) is 24.3 Å². The summed E-state index contributed by atoms with van der Waals surface area (Å²) in [5.41, 5.74) is 1.27. The van der Waals surface area contributed by atoms with E-state index in [9.17, 15) is 0 Å². The van der Waals surface area contributed by atoms with E-state index in [1.807, 2.05) is 6.07 Å². The SMILES string of the molecule is CCCNC(CC(C)COC)c1ccccc1OCCC. The van der Waals surface area contributed by atoms with Crippen molar-refractivity contribution in [3.8, 4) is 5.75 Å². The van der Waals surface area contributed by atoms with Crippen molar-refractivity contribution in [3.05, 3.63) is 29.8 Å². The number of benzene rings is 1. The first-order valence-electron chi connectivity index (χ1n) is 8.16. The van der Waals surface area contributed by atoms with Gasteiger partial charge in [0, 0.05) is 25.3 Å². The maximum Gasteiger partial charge on any atom is 0.124 e. The average molecular weight is 293 g/mol. The van der Waals surface area contributed by atoms with Crippen LogP contribution in [0.2, 0.25) is 0 Å². The van der Waals surface area contributed by atoms with Crippen molar-refractivity contribution in [1.29, 1.82) is 0 Å². The topological polar surface area (TPSA) is 30.5 Å². The zero-order valence-corrected chi connectivity index (χ0v) is 14.0. The molecule has 0 saturated carbocycles. The third-order valence-corrected chi connectivity index (χ3v) is 3.49. The van der Waals surface area contributed by atoms with Gasteiger partial charge in [-0.1, -0.05) is 39.0 Å². The second-order valence-electron chi connectivity index (χ2n) is 5.69. The van der Waals surface area contributed by atoms with Crippen LogP contribution >= 0.6 is 0 Å². The van der Waals surface area contributed by atoms with E-state index in [1.54, 1.807) is 7.11 Å². The van der Waals surface area contributed by atoms with Crippen LogP contribution in [0.3, 0.4) is 0 Å². The molecular formula is C18H31NO2. The van der Waals surface area contributed by atoms with Crippen LogP contribution in [0, 0.1) is 5.92 Å². The Hall–Kier alpha value is -1.06. The molecule has 0 radical (unpaired) electrons. The number of hydrogen-bond acceptors (Lipinski definition) is 3. The molecule has 0 saturated heterocycles. The summed E-state index contributed by atoms with van der Waals surface area (Å²) in [5.74, 6) is 1.53. The molecule has 0 fully saturated rings. The number of para-hydroxylation sites is 1. The molecule has 0 aliphatic heterocycles. The fourth-order valence-electron chi connectivity index (χ4n) is 2.51. The van der Waals surface area contributed by atoms with Gasteiger partial charge in [-0.2, -0.15) is 0 Å². The predicted octanol–water partition coefficient (Wildman–Crippen LogP) is 4.19. The molecule has 0 heterocycles. The molecule has 1 N–H and O–H groups in total. The minimum absolute atomic E-state index is 0.322. The van der Waals surface area contributed by atoms with Gasteiger partial charge in [0.05, 0.1) is 6.61 Å². The van der Waals surface area contributed by atoms with Crippen LogP contribution in [-0.4, -0.2) is 26.9 Å². The van der Waals surface area contributed by atoms with Crippen LogP contribution in [-0.2, 0) is 4.74 Å². The summed E-state index contributed by atoms with van der Waals surface area (Å²) in [6.45, 7) is 9.15. The zero-order chi connectivity index (χ0) is 15.5. The summed E-state index contributed by atoms with van der Waals surface area (Å²) < 4.78 is 11.2. The lowest BCUT2D eigenvalue weighted by Gasteiger charge is -2.24. The molecule has 3 nitrogen and oxygen atoms in total. The Morgan fingerprint density at radius 2 is 1.90 bits per heavy atom. The standard InChI is InChI=1S/C18H31NO2/c1-5-11-19-17(13-15(3)14-20-4)16-9-7-8-10-18(16)21-12-6-2/h7-10,15,17,19H,5-6,11-14H2,1-4H3. The maximum absolute atomic E-state index is 5.92. The van der Waals surface area contributed by atoms with E-state index in [-0.39, 0.29) is 0 Å². The summed E-state index contributed by atoms with van der Waals surface area (Å²) in [7, 11) is 1.77. The summed E-state index contributed by atoms with van der Waals surface area (Å²) in [4.78, 5) is 0. The Labute approximate surface area is 130 Å². The molecule has 0 aromatic heterocycles. The molecule has 21 heavy (non-hydrogen) atoms. The highest BCUT2D eigenvalue weighted by Crippen LogP contribution is 2.29. The molecule has 1 aromatic rings. The second kappa shape index (κ2) is 10.6. The number of ether oxygens (including phenoxy) is 2. The number of nitrogens with one attached hydrogen (secondary N) is 1. The Kier molecular flexibility index (Phi) is 9.11. The van der Waals surface area contributed by atoms with Gasteiger partial charge < -0.3 is 14.8 Å². The van der Waals surface area contributed by atoms with Crippen molar-refractivity contribution in [2.45, 2.75) is 46.1 Å². The third kappa shape index (κ3) is 6.49. The van der Waals surface area contributed by atoms with Gasteiger partial charge in [0.1, 0.15) is 5.75 Å². The van der Waals surface area contributed by atoms with Gasteiger partial charge in [-0.3, -0.25) is 0 Å². The lowest BCUT2D eigenvalue weighted by atomic mass is 9.95. The van der Waals surface area contributed by atoms with E-state index in [1.165, 1.54) is 5.56 Å².